The zero-order chi connectivity index (χ0) is 8.55. The smallest absolute Gasteiger partial charge is 0.203 e. The Labute approximate surface area is 80.5 Å². The van der Waals surface area contributed by atoms with E-state index >= 15 is 0 Å². The van der Waals surface area contributed by atoms with Crippen molar-refractivity contribution in [1.29, 1.82) is 0 Å². The van der Waals surface area contributed by atoms with Crippen LogP contribution in [0.2, 0.25) is 4.47 Å². The van der Waals surface area contributed by atoms with E-state index in [0.717, 1.165) is 18.8 Å². The van der Waals surface area contributed by atoms with Gasteiger partial charge in [-0.25, -0.2) is 4.98 Å². The average molecular weight is 204 g/mol. The maximum Gasteiger partial charge on any atom is 0.203 e. The molecule has 0 amide bonds. The van der Waals surface area contributed by atoms with Crippen molar-refractivity contribution < 1.29 is 0 Å². The number of nitrogens with zero attached hydrogens (tertiary/aromatic N) is 3. The molecule has 0 spiro atoms. The van der Waals surface area contributed by atoms with Crippen molar-refractivity contribution in [2.45, 2.75) is 18.9 Å². The summed E-state index contributed by atoms with van der Waals surface area (Å²) in [4.78, 5) is 6.45. The lowest BCUT2D eigenvalue weighted by Crippen LogP contribution is -2.18. The highest BCUT2D eigenvalue weighted by Crippen LogP contribution is 2.29. The summed E-state index contributed by atoms with van der Waals surface area (Å²) < 4.78 is 4.75. The van der Waals surface area contributed by atoms with Gasteiger partial charge in [-0.1, -0.05) is 0 Å². The number of hydrogen-bond acceptors (Lipinski definition) is 4. The van der Waals surface area contributed by atoms with E-state index in [1.54, 1.807) is 0 Å². The van der Waals surface area contributed by atoms with Crippen molar-refractivity contribution in [2.24, 2.45) is 0 Å². The molecule has 0 aliphatic carbocycles. The zero-order valence-corrected chi connectivity index (χ0v) is 8.40. The molecule has 5 heteroatoms. The molecule has 1 fully saturated rings. The van der Waals surface area contributed by atoms with Crippen molar-refractivity contribution in [3.63, 3.8) is 0 Å². The highest BCUT2D eigenvalue weighted by molar-refractivity contribution is 7.10. The van der Waals surface area contributed by atoms with Gasteiger partial charge in [-0.05, 0) is 49.6 Å². The van der Waals surface area contributed by atoms with Crippen LogP contribution in [0, 0.1) is 0 Å². The van der Waals surface area contributed by atoms with Crippen molar-refractivity contribution >= 4 is 23.1 Å². The molecule has 0 aromatic carbocycles. The molecule has 66 valence electrons. The zero-order valence-electron chi connectivity index (χ0n) is 6.83. The van der Waals surface area contributed by atoms with E-state index < -0.39 is 0 Å². The molecule has 1 aliphatic rings. The summed E-state index contributed by atoms with van der Waals surface area (Å²) in [7, 11) is 2.10. The Bertz CT molecular complexity index is 275. The molecule has 1 saturated heterocycles. The monoisotopic (exact) mass is 203 g/mol. The van der Waals surface area contributed by atoms with Crippen molar-refractivity contribution in [2.75, 3.05) is 13.6 Å². The summed E-state index contributed by atoms with van der Waals surface area (Å²) in [5.41, 5.74) is 0. The maximum atomic E-state index is 5.71. The minimum Gasteiger partial charge on any atom is -0.296 e. The van der Waals surface area contributed by atoms with Gasteiger partial charge in [0.1, 0.15) is 0 Å². The first-order valence-electron chi connectivity index (χ1n) is 3.97. The highest BCUT2D eigenvalue weighted by atomic mass is 35.5. The van der Waals surface area contributed by atoms with Gasteiger partial charge in [0.15, 0.2) is 5.82 Å². The number of aromatic nitrogens is 2. The number of likely N-dealkylation sites (tertiary alicyclic amines) is 1. The second kappa shape index (κ2) is 3.28. The molecule has 0 bridgehead atoms. The first-order chi connectivity index (χ1) is 5.77. The van der Waals surface area contributed by atoms with Gasteiger partial charge in [0, 0.05) is 0 Å². The third kappa shape index (κ3) is 1.46. The minimum atomic E-state index is 0.397. The molecule has 1 atom stereocenters. The van der Waals surface area contributed by atoms with E-state index in [0.29, 0.717) is 10.5 Å². The van der Waals surface area contributed by atoms with Crippen LogP contribution >= 0.6 is 23.1 Å². The minimum absolute atomic E-state index is 0.397. The van der Waals surface area contributed by atoms with Crippen LogP contribution in [0.5, 0.6) is 0 Å². The van der Waals surface area contributed by atoms with E-state index in [2.05, 4.69) is 21.3 Å². The SMILES string of the molecule is CN1CCC[C@H]1c1nsc(Cl)n1. The molecule has 0 radical (unpaired) electrons. The third-order valence-electron chi connectivity index (χ3n) is 2.24. The van der Waals surface area contributed by atoms with Crippen molar-refractivity contribution in [1.82, 2.24) is 14.3 Å². The number of halogens is 1. The predicted molar refractivity (Wildman–Crippen MR) is 49.5 cm³/mol. The lowest BCUT2D eigenvalue weighted by Gasteiger charge is -2.15. The van der Waals surface area contributed by atoms with E-state index in [4.69, 9.17) is 11.6 Å². The molecular formula is C7H10ClN3S. The van der Waals surface area contributed by atoms with Gasteiger partial charge in [-0.2, -0.15) is 4.37 Å². The van der Waals surface area contributed by atoms with Crippen LogP contribution < -0.4 is 0 Å². The van der Waals surface area contributed by atoms with Crippen LogP contribution in [0.15, 0.2) is 0 Å². The summed E-state index contributed by atoms with van der Waals surface area (Å²) >= 11 is 6.98. The molecule has 1 aromatic rings. The normalized spacial score (nSPS) is 25.0. The fraction of sp³-hybridized carbons (Fsp3) is 0.714. The van der Waals surface area contributed by atoms with Gasteiger partial charge < -0.3 is 0 Å². The van der Waals surface area contributed by atoms with E-state index in [1.807, 2.05) is 0 Å². The van der Waals surface area contributed by atoms with Crippen LogP contribution in [0.25, 0.3) is 0 Å². The lowest BCUT2D eigenvalue weighted by molar-refractivity contribution is 0.307. The molecular weight excluding hydrogens is 194 g/mol. The Kier molecular flexibility index (Phi) is 2.30. The topological polar surface area (TPSA) is 29.0 Å². The second-order valence-corrected chi connectivity index (χ2v) is 4.38. The molecule has 0 N–H and O–H groups in total. The summed E-state index contributed by atoms with van der Waals surface area (Å²) in [5, 5.41) is 0. The van der Waals surface area contributed by atoms with Gasteiger partial charge in [-0.3, -0.25) is 4.90 Å². The van der Waals surface area contributed by atoms with E-state index in [1.165, 1.54) is 18.0 Å². The Morgan fingerprint density at radius 3 is 3.00 bits per heavy atom. The molecule has 2 heterocycles. The average Bonchev–Trinajstić information content (AvgIpc) is 2.58. The molecule has 0 unspecified atom stereocenters. The van der Waals surface area contributed by atoms with Gasteiger partial charge in [0.05, 0.1) is 6.04 Å². The van der Waals surface area contributed by atoms with Crippen LogP contribution in [-0.2, 0) is 0 Å². The van der Waals surface area contributed by atoms with Crippen LogP contribution in [-0.4, -0.2) is 27.8 Å². The fourth-order valence-electron chi connectivity index (χ4n) is 1.59. The summed E-state index contributed by atoms with van der Waals surface area (Å²) in [5.74, 6) is 0.894. The second-order valence-electron chi connectivity index (χ2n) is 3.04. The van der Waals surface area contributed by atoms with Gasteiger partial charge >= 0.3 is 0 Å². The maximum absolute atomic E-state index is 5.71. The number of hydrogen-bond donors (Lipinski definition) is 0. The third-order valence-corrected chi connectivity index (χ3v) is 3.05. The summed E-state index contributed by atoms with van der Waals surface area (Å²) in [6, 6.07) is 0.397. The molecule has 1 aliphatic heterocycles. The summed E-state index contributed by atoms with van der Waals surface area (Å²) in [6.07, 6.45) is 2.39. The summed E-state index contributed by atoms with van der Waals surface area (Å²) in [6.45, 7) is 1.14. The van der Waals surface area contributed by atoms with Gasteiger partial charge in [0.25, 0.3) is 0 Å². The number of rotatable bonds is 1. The van der Waals surface area contributed by atoms with Gasteiger partial charge in [0.2, 0.25) is 4.47 Å². The Balaban J connectivity index is 2.19. The quantitative estimate of drug-likeness (QED) is 0.699. The van der Waals surface area contributed by atoms with Crippen LogP contribution in [0.1, 0.15) is 24.7 Å². The Hall–Kier alpha value is -0.190. The molecule has 0 saturated carbocycles. The molecule has 3 nitrogen and oxygen atoms in total. The molecule has 12 heavy (non-hydrogen) atoms. The van der Waals surface area contributed by atoms with Crippen LogP contribution in [0.4, 0.5) is 0 Å². The Morgan fingerprint density at radius 1 is 1.67 bits per heavy atom. The molecule has 1 aromatic heterocycles. The van der Waals surface area contributed by atoms with Gasteiger partial charge in [-0.15, -0.1) is 0 Å². The highest BCUT2D eigenvalue weighted by Gasteiger charge is 2.25. The first kappa shape index (κ1) is 8.41. The van der Waals surface area contributed by atoms with E-state index in [9.17, 15) is 0 Å². The predicted octanol–water partition coefficient (Wildman–Crippen LogP) is 1.96. The van der Waals surface area contributed by atoms with Crippen molar-refractivity contribution in [3.8, 4) is 0 Å². The lowest BCUT2D eigenvalue weighted by atomic mass is 10.2. The van der Waals surface area contributed by atoms with E-state index in [-0.39, 0.29) is 0 Å². The van der Waals surface area contributed by atoms with Crippen LogP contribution in [0.3, 0.4) is 0 Å². The standard InChI is InChI=1S/C7H10ClN3S/c1-11-4-2-3-5(11)6-9-7(8)12-10-6/h5H,2-4H2,1H3/t5-/m0/s1. The first-order valence-corrected chi connectivity index (χ1v) is 5.12. The Morgan fingerprint density at radius 2 is 2.50 bits per heavy atom. The fourth-order valence-corrected chi connectivity index (χ4v) is 2.24. The van der Waals surface area contributed by atoms with Crippen molar-refractivity contribution in [3.05, 3.63) is 10.3 Å². The largest absolute Gasteiger partial charge is 0.296 e. The molecule has 2 rings (SSSR count).